The highest BCUT2D eigenvalue weighted by molar-refractivity contribution is 7.93. The van der Waals surface area contributed by atoms with E-state index in [9.17, 15) is 13.2 Å². The van der Waals surface area contributed by atoms with Crippen molar-refractivity contribution in [3.05, 3.63) is 65.7 Å². The summed E-state index contributed by atoms with van der Waals surface area (Å²) >= 11 is 0. The number of amides is 1. The molecule has 1 saturated heterocycles. The van der Waals surface area contributed by atoms with Gasteiger partial charge in [-0.3, -0.25) is 24.4 Å². The molecular formula is C29H34F2N6O4S. The summed E-state index contributed by atoms with van der Waals surface area (Å²) in [7, 11) is -3.43. The number of likely N-dealkylation sites (tertiary alicyclic amines) is 1. The molecule has 1 aliphatic heterocycles. The number of nitrogens with one attached hydrogen (secondary N) is 2. The van der Waals surface area contributed by atoms with Crippen molar-refractivity contribution in [3.63, 3.8) is 0 Å². The Morgan fingerprint density at radius 2 is 1.90 bits per heavy atom. The van der Waals surface area contributed by atoms with Gasteiger partial charge in [-0.15, -0.1) is 0 Å². The van der Waals surface area contributed by atoms with Gasteiger partial charge < -0.3 is 10.1 Å². The van der Waals surface area contributed by atoms with E-state index in [1.54, 1.807) is 25.3 Å². The molecule has 2 aliphatic rings. The molecule has 2 N–H and O–H groups in total. The first-order valence-corrected chi connectivity index (χ1v) is 15.7. The minimum Gasteiger partial charge on any atom is -0.477 e. The number of anilines is 1. The van der Waals surface area contributed by atoms with E-state index >= 15 is 8.78 Å². The molecule has 1 atom stereocenters. The molecule has 1 aromatic carbocycles. The SMILES string of the molecule is CCOc1cncc(-c2ccc(C(=O)NCC[C@@H](c3cc(NS(=O)(=O)C4CC4)ccn3)N3CCCCC3)c(F)c2F)n1. The molecule has 3 heterocycles. The van der Waals surface area contributed by atoms with Gasteiger partial charge in [0.15, 0.2) is 11.6 Å². The molecule has 0 unspecified atom stereocenters. The standard InChI is InChI=1S/C29H34F2N6O4S/c1-2-41-26-18-32-17-24(35-26)21-8-9-22(28(31)27(21)30)29(38)34-13-11-25(37-14-4-3-5-15-37)23-16-19(10-12-33-23)36-42(39,40)20-6-7-20/h8-10,12,16-18,20,25H,2-7,11,13-15H2,1H3,(H,33,36)(H,34,38)/t25-/m0/s1. The van der Waals surface area contributed by atoms with Crippen molar-refractivity contribution < 1.29 is 26.7 Å². The molecule has 0 spiro atoms. The van der Waals surface area contributed by atoms with E-state index < -0.39 is 33.1 Å². The molecule has 5 rings (SSSR count). The summed E-state index contributed by atoms with van der Waals surface area (Å²) in [6.07, 6.45) is 9.16. The highest BCUT2D eigenvalue weighted by Gasteiger charge is 2.36. The number of benzene rings is 1. The van der Waals surface area contributed by atoms with E-state index in [0.717, 1.165) is 32.4 Å². The third kappa shape index (κ3) is 7.01. The number of halogens is 2. The number of carbonyl (C=O) groups excluding carboxylic acids is 1. The molecule has 2 aromatic heterocycles. The van der Waals surface area contributed by atoms with Gasteiger partial charge in [0.05, 0.1) is 52.9 Å². The van der Waals surface area contributed by atoms with Gasteiger partial charge >= 0.3 is 0 Å². The first kappa shape index (κ1) is 29.8. The van der Waals surface area contributed by atoms with E-state index in [4.69, 9.17) is 4.74 Å². The van der Waals surface area contributed by atoms with Crippen LogP contribution in [0.4, 0.5) is 14.5 Å². The maximum absolute atomic E-state index is 15.0. The lowest BCUT2D eigenvalue weighted by atomic mass is 10.0. The van der Waals surface area contributed by atoms with Gasteiger partial charge in [-0.1, -0.05) is 6.42 Å². The van der Waals surface area contributed by atoms with Crippen molar-refractivity contribution in [2.45, 2.75) is 56.7 Å². The number of carbonyl (C=O) groups is 1. The Morgan fingerprint density at radius 3 is 2.64 bits per heavy atom. The second-order valence-corrected chi connectivity index (χ2v) is 12.4. The van der Waals surface area contributed by atoms with Crippen LogP contribution in [0.25, 0.3) is 11.3 Å². The summed E-state index contributed by atoms with van der Waals surface area (Å²) in [5.74, 6) is -3.05. The fourth-order valence-corrected chi connectivity index (χ4v) is 6.48. The van der Waals surface area contributed by atoms with Crippen LogP contribution in [0, 0.1) is 11.6 Å². The van der Waals surface area contributed by atoms with Crippen LogP contribution in [0.1, 0.15) is 67.5 Å². The van der Waals surface area contributed by atoms with Crippen LogP contribution >= 0.6 is 0 Å². The molecule has 224 valence electrons. The van der Waals surface area contributed by atoms with Gasteiger partial charge in [0.1, 0.15) is 0 Å². The third-order valence-corrected chi connectivity index (χ3v) is 9.26. The van der Waals surface area contributed by atoms with E-state index in [1.165, 1.54) is 24.5 Å². The number of hydrogen-bond donors (Lipinski definition) is 2. The van der Waals surface area contributed by atoms with E-state index in [1.807, 2.05) is 0 Å². The number of nitrogens with zero attached hydrogens (tertiary/aromatic N) is 4. The average molecular weight is 601 g/mol. The zero-order chi connectivity index (χ0) is 29.7. The number of ether oxygens (including phenoxy) is 1. The molecule has 2 fully saturated rings. The molecule has 0 bridgehead atoms. The highest BCUT2D eigenvalue weighted by atomic mass is 32.2. The number of hydrogen-bond acceptors (Lipinski definition) is 8. The van der Waals surface area contributed by atoms with Crippen LogP contribution in [0.2, 0.25) is 0 Å². The minimum absolute atomic E-state index is 0.0860. The van der Waals surface area contributed by atoms with Gasteiger partial charge in [-0.2, -0.15) is 0 Å². The van der Waals surface area contributed by atoms with Crippen molar-refractivity contribution in [2.75, 3.05) is 31.0 Å². The van der Waals surface area contributed by atoms with E-state index in [-0.39, 0.29) is 35.0 Å². The Bertz CT molecular complexity index is 1530. The molecule has 10 nitrogen and oxygen atoms in total. The van der Waals surface area contributed by atoms with Crippen molar-refractivity contribution in [1.29, 1.82) is 0 Å². The number of sulfonamides is 1. The Hall–Kier alpha value is -3.71. The largest absolute Gasteiger partial charge is 0.477 e. The van der Waals surface area contributed by atoms with Crippen molar-refractivity contribution in [3.8, 4) is 17.1 Å². The molecule has 1 saturated carbocycles. The maximum Gasteiger partial charge on any atom is 0.254 e. The molecule has 42 heavy (non-hydrogen) atoms. The van der Waals surface area contributed by atoms with E-state index in [2.05, 4.69) is 29.9 Å². The fourth-order valence-electron chi connectivity index (χ4n) is 5.10. The average Bonchev–Trinajstić information content (AvgIpc) is 3.84. The highest BCUT2D eigenvalue weighted by Crippen LogP contribution is 2.32. The lowest BCUT2D eigenvalue weighted by Crippen LogP contribution is -2.36. The van der Waals surface area contributed by atoms with Crippen LogP contribution in [-0.2, 0) is 10.0 Å². The molecule has 13 heteroatoms. The van der Waals surface area contributed by atoms with Gasteiger partial charge in [-0.25, -0.2) is 22.2 Å². The van der Waals surface area contributed by atoms with Gasteiger partial charge in [0, 0.05) is 18.3 Å². The summed E-state index contributed by atoms with van der Waals surface area (Å²) in [5, 5.41) is 2.36. The Balaban J connectivity index is 1.28. The normalized spacial score (nSPS) is 16.5. The quantitative estimate of drug-likeness (QED) is 0.312. The first-order chi connectivity index (χ1) is 20.3. The van der Waals surface area contributed by atoms with E-state index in [0.29, 0.717) is 37.3 Å². The summed E-state index contributed by atoms with van der Waals surface area (Å²) < 4.78 is 62.9. The topological polar surface area (TPSA) is 126 Å². The van der Waals surface area contributed by atoms with Crippen LogP contribution in [0.5, 0.6) is 5.88 Å². The summed E-state index contributed by atoms with van der Waals surface area (Å²) in [5.41, 5.74) is 0.662. The minimum atomic E-state index is -3.43. The van der Waals surface area contributed by atoms with Crippen LogP contribution < -0.4 is 14.8 Å². The molecule has 0 radical (unpaired) electrons. The second-order valence-electron chi connectivity index (χ2n) is 10.4. The van der Waals surface area contributed by atoms with Crippen LogP contribution in [0.15, 0.2) is 42.9 Å². The molecule has 3 aromatic rings. The van der Waals surface area contributed by atoms with Gasteiger partial charge in [0.2, 0.25) is 15.9 Å². The number of aromatic nitrogens is 3. The van der Waals surface area contributed by atoms with Crippen molar-refractivity contribution >= 4 is 21.6 Å². The number of piperidine rings is 1. The summed E-state index contributed by atoms with van der Waals surface area (Å²) in [6.45, 7) is 3.96. The zero-order valence-corrected chi connectivity index (χ0v) is 24.2. The summed E-state index contributed by atoms with van der Waals surface area (Å²) in [4.78, 5) is 27.8. The van der Waals surface area contributed by atoms with Crippen molar-refractivity contribution in [1.82, 2.24) is 25.2 Å². The van der Waals surface area contributed by atoms with Crippen LogP contribution in [0.3, 0.4) is 0 Å². The molecular weight excluding hydrogens is 566 g/mol. The Morgan fingerprint density at radius 1 is 1.12 bits per heavy atom. The van der Waals surface area contributed by atoms with Gasteiger partial charge in [-0.05, 0) is 76.4 Å². The fraction of sp³-hybridized carbons (Fsp3) is 0.448. The lowest BCUT2D eigenvalue weighted by Gasteiger charge is -2.34. The van der Waals surface area contributed by atoms with Crippen LogP contribution in [-0.4, -0.2) is 65.7 Å². The van der Waals surface area contributed by atoms with Crippen molar-refractivity contribution in [2.24, 2.45) is 0 Å². The Labute approximate surface area is 244 Å². The third-order valence-electron chi connectivity index (χ3n) is 7.39. The number of rotatable bonds is 12. The molecule has 1 aliphatic carbocycles. The molecule has 1 amide bonds. The summed E-state index contributed by atoms with van der Waals surface area (Å²) in [6, 6.07) is 5.67. The second kappa shape index (κ2) is 13.1. The monoisotopic (exact) mass is 600 g/mol. The Kier molecular flexibility index (Phi) is 9.27. The van der Waals surface area contributed by atoms with Gasteiger partial charge in [0.25, 0.3) is 5.91 Å². The smallest absolute Gasteiger partial charge is 0.254 e. The number of pyridine rings is 1. The predicted octanol–water partition coefficient (Wildman–Crippen LogP) is 4.47. The zero-order valence-electron chi connectivity index (χ0n) is 23.4. The maximum atomic E-state index is 15.0. The first-order valence-electron chi connectivity index (χ1n) is 14.2. The lowest BCUT2D eigenvalue weighted by molar-refractivity contribution is 0.0938. The predicted molar refractivity (Wildman–Crippen MR) is 153 cm³/mol.